The third-order valence-corrected chi connectivity index (χ3v) is 6.03. The molecule has 0 fully saturated rings. The zero-order chi connectivity index (χ0) is 21.3. The summed E-state index contributed by atoms with van der Waals surface area (Å²) in [5.74, 6) is -0.574. The molecule has 0 radical (unpaired) electrons. The molecule has 0 spiro atoms. The van der Waals surface area contributed by atoms with Gasteiger partial charge < -0.3 is 9.72 Å². The van der Waals surface area contributed by atoms with Crippen LogP contribution in [0.15, 0.2) is 24.8 Å². The van der Waals surface area contributed by atoms with E-state index in [0.717, 1.165) is 52.7 Å². The van der Waals surface area contributed by atoms with Gasteiger partial charge in [0.25, 0.3) is 0 Å². The standard InChI is InChI=1S/C23H26N4O3/c1-4-6-7-15-8-16-10-23(14(3)28,22(29)30-5-2)11-17(16)9-18(15)19-20-21(26-12-24-19)27-13-25-20/h8-9,12-13H,4-7,10-11H2,1-3H3,(H,24,25,26,27). The Morgan fingerprint density at radius 2 is 1.90 bits per heavy atom. The molecule has 1 aliphatic rings. The summed E-state index contributed by atoms with van der Waals surface area (Å²) < 4.78 is 5.29. The summed E-state index contributed by atoms with van der Waals surface area (Å²) in [6.07, 6.45) is 6.88. The number of nitrogens with zero attached hydrogens (tertiary/aromatic N) is 3. The first kappa shape index (κ1) is 20.2. The first-order valence-corrected chi connectivity index (χ1v) is 10.5. The normalized spacial score (nSPS) is 17.8. The summed E-state index contributed by atoms with van der Waals surface area (Å²) >= 11 is 0. The Morgan fingerprint density at radius 1 is 1.13 bits per heavy atom. The number of carbonyl (C=O) groups is 2. The number of ketones is 1. The molecular weight excluding hydrogens is 380 g/mol. The molecule has 2 heterocycles. The lowest BCUT2D eigenvalue weighted by Gasteiger charge is -2.23. The lowest BCUT2D eigenvalue weighted by molar-refractivity contribution is -0.159. The molecule has 0 saturated carbocycles. The molecule has 0 amide bonds. The summed E-state index contributed by atoms with van der Waals surface area (Å²) in [5.41, 5.74) is 5.28. The van der Waals surface area contributed by atoms with Gasteiger partial charge in [0.2, 0.25) is 0 Å². The van der Waals surface area contributed by atoms with Gasteiger partial charge >= 0.3 is 5.97 Å². The fraction of sp³-hybridized carbons (Fsp3) is 0.435. The number of benzene rings is 1. The Hall–Kier alpha value is -3.09. The predicted octanol–water partition coefficient (Wildman–Crippen LogP) is 3.60. The number of unbranched alkanes of at least 4 members (excludes halogenated alkanes) is 1. The second-order valence-electron chi connectivity index (χ2n) is 7.92. The number of H-pyrrole nitrogens is 1. The van der Waals surface area contributed by atoms with Gasteiger partial charge in [-0.05, 0) is 62.3 Å². The van der Waals surface area contributed by atoms with E-state index in [1.165, 1.54) is 13.3 Å². The van der Waals surface area contributed by atoms with E-state index in [2.05, 4.69) is 39.0 Å². The van der Waals surface area contributed by atoms with Crippen molar-refractivity contribution in [1.29, 1.82) is 0 Å². The second kappa shape index (κ2) is 7.97. The molecule has 1 aliphatic carbocycles. The molecule has 7 heteroatoms. The zero-order valence-electron chi connectivity index (χ0n) is 17.6. The Balaban J connectivity index is 1.84. The topological polar surface area (TPSA) is 97.8 Å². The number of fused-ring (bicyclic) bond motifs is 2. The highest BCUT2D eigenvalue weighted by atomic mass is 16.5. The van der Waals surface area contributed by atoms with Crippen molar-refractivity contribution in [1.82, 2.24) is 19.9 Å². The smallest absolute Gasteiger partial charge is 0.320 e. The van der Waals surface area contributed by atoms with Crippen molar-refractivity contribution in [2.75, 3.05) is 6.61 Å². The van der Waals surface area contributed by atoms with Crippen LogP contribution in [0.4, 0.5) is 0 Å². The molecule has 156 valence electrons. The third-order valence-electron chi connectivity index (χ3n) is 6.03. The molecule has 0 bridgehead atoms. The van der Waals surface area contributed by atoms with E-state index in [9.17, 15) is 9.59 Å². The van der Waals surface area contributed by atoms with Crippen LogP contribution in [-0.2, 0) is 33.6 Å². The van der Waals surface area contributed by atoms with Gasteiger partial charge in [-0.2, -0.15) is 0 Å². The van der Waals surface area contributed by atoms with E-state index >= 15 is 0 Å². The number of esters is 1. The number of Topliss-reactive ketones (excluding diaryl/α,β-unsaturated/α-hetero) is 1. The molecular formula is C23H26N4O3. The van der Waals surface area contributed by atoms with Crippen LogP contribution in [0.3, 0.4) is 0 Å². The number of imidazole rings is 1. The number of nitrogens with one attached hydrogen (secondary N) is 1. The van der Waals surface area contributed by atoms with Crippen molar-refractivity contribution in [3.63, 3.8) is 0 Å². The van der Waals surface area contributed by atoms with Crippen LogP contribution in [0.5, 0.6) is 0 Å². The Bertz CT molecular complexity index is 1120. The molecule has 30 heavy (non-hydrogen) atoms. The Morgan fingerprint density at radius 3 is 2.60 bits per heavy atom. The van der Waals surface area contributed by atoms with E-state index in [1.54, 1.807) is 13.3 Å². The van der Waals surface area contributed by atoms with Gasteiger partial charge in [-0.1, -0.05) is 19.4 Å². The number of carbonyl (C=O) groups excluding carboxylic acids is 2. The van der Waals surface area contributed by atoms with E-state index < -0.39 is 11.4 Å². The lowest BCUT2D eigenvalue weighted by Crippen LogP contribution is -2.40. The molecule has 1 aromatic carbocycles. The predicted molar refractivity (Wildman–Crippen MR) is 113 cm³/mol. The maximum Gasteiger partial charge on any atom is 0.320 e. The molecule has 0 saturated heterocycles. The van der Waals surface area contributed by atoms with Crippen LogP contribution >= 0.6 is 0 Å². The first-order valence-electron chi connectivity index (χ1n) is 10.5. The average Bonchev–Trinajstić information content (AvgIpc) is 3.36. The summed E-state index contributed by atoms with van der Waals surface area (Å²) in [4.78, 5) is 41.5. The summed E-state index contributed by atoms with van der Waals surface area (Å²) in [7, 11) is 0. The van der Waals surface area contributed by atoms with Gasteiger partial charge in [0, 0.05) is 5.56 Å². The molecule has 3 aromatic rings. The molecule has 0 aliphatic heterocycles. The monoisotopic (exact) mass is 406 g/mol. The minimum absolute atomic E-state index is 0.146. The number of hydrogen-bond acceptors (Lipinski definition) is 6. The van der Waals surface area contributed by atoms with Crippen LogP contribution < -0.4 is 0 Å². The SMILES string of the molecule is CCCCc1cc2c(cc1-c1ncnc3nc[nH]c13)CC(C(C)=O)(C(=O)OCC)C2. The molecule has 1 atom stereocenters. The molecule has 7 nitrogen and oxygen atoms in total. The fourth-order valence-corrected chi connectivity index (χ4v) is 4.35. The lowest BCUT2D eigenvalue weighted by atomic mass is 9.81. The van der Waals surface area contributed by atoms with Crippen LogP contribution in [0, 0.1) is 5.41 Å². The van der Waals surface area contributed by atoms with E-state index in [0.29, 0.717) is 18.5 Å². The van der Waals surface area contributed by atoms with Crippen molar-refractivity contribution in [3.05, 3.63) is 41.5 Å². The van der Waals surface area contributed by atoms with Gasteiger partial charge in [-0.3, -0.25) is 9.59 Å². The summed E-state index contributed by atoms with van der Waals surface area (Å²) in [6.45, 7) is 5.67. The first-order chi connectivity index (χ1) is 14.5. The number of aryl methyl sites for hydroxylation is 1. The number of aromatic amines is 1. The van der Waals surface area contributed by atoms with Crippen LogP contribution in [0.25, 0.3) is 22.4 Å². The van der Waals surface area contributed by atoms with Crippen molar-refractivity contribution >= 4 is 22.9 Å². The zero-order valence-corrected chi connectivity index (χ0v) is 17.6. The number of rotatable bonds is 7. The minimum Gasteiger partial charge on any atom is -0.465 e. The van der Waals surface area contributed by atoms with Gasteiger partial charge in [0.1, 0.15) is 23.0 Å². The number of aromatic nitrogens is 4. The van der Waals surface area contributed by atoms with Gasteiger partial charge in [0.05, 0.1) is 18.6 Å². The van der Waals surface area contributed by atoms with E-state index in [1.807, 2.05) is 0 Å². The van der Waals surface area contributed by atoms with Gasteiger partial charge in [0.15, 0.2) is 5.65 Å². The third kappa shape index (κ3) is 3.28. The highest BCUT2D eigenvalue weighted by Crippen LogP contribution is 2.42. The average molecular weight is 406 g/mol. The minimum atomic E-state index is -1.13. The van der Waals surface area contributed by atoms with Gasteiger partial charge in [-0.25, -0.2) is 15.0 Å². The van der Waals surface area contributed by atoms with Crippen molar-refractivity contribution in [2.24, 2.45) is 5.41 Å². The Kier molecular flexibility index (Phi) is 5.37. The Labute approximate surface area is 175 Å². The summed E-state index contributed by atoms with van der Waals surface area (Å²) in [6, 6.07) is 4.24. The number of ether oxygens (including phenoxy) is 1. The quantitative estimate of drug-likeness (QED) is 0.476. The highest BCUT2D eigenvalue weighted by molar-refractivity contribution is 6.04. The van der Waals surface area contributed by atoms with Crippen molar-refractivity contribution < 1.29 is 14.3 Å². The fourth-order valence-electron chi connectivity index (χ4n) is 4.35. The van der Waals surface area contributed by atoms with E-state index in [-0.39, 0.29) is 12.4 Å². The molecule has 1 N–H and O–H groups in total. The van der Waals surface area contributed by atoms with Crippen LogP contribution in [-0.4, -0.2) is 38.3 Å². The van der Waals surface area contributed by atoms with Gasteiger partial charge in [-0.15, -0.1) is 0 Å². The molecule has 2 aromatic heterocycles. The highest BCUT2D eigenvalue weighted by Gasteiger charge is 2.49. The largest absolute Gasteiger partial charge is 0.465 e. The van der Waals surface area contributed by atoms with Crippen LogP contribution in [0.2, 0.25) is 0 Å². The molecule has 4 rings (SSSR count). The second-order valence-corrected chi connectivity index (χ2v) is 7.92. The van der Waals surface area contributed by atoms with Crippen LogP contribution in [0.1, 0.15) is 50.3 Å². The van der Waals surface area contributed by atoms with Crippen molar-refractivity contribution in [3.8, 4) is 11.3 Å². The maximum atomic E-state index is 12.8. The molecule has 1 unspecified atom stereocenters. The number of hydrogen-bond donors (Lipinski definition) is 1. The maximum absolute atomic E-state index is 12.8. The van der Waals surface area contributed by atoms with E-state index in [4.69, 9.17) is 4.74 Å². The summed E-state index contributed by atoms with van der Waals surface area (Å²) in [5, 5.41) is 0. The van der Waals surface area contributed by atoms with Crippen molar-refractivity contribution in [2.45, 2.75) is 52.9 Å².